The van der Waals surface area contributed by atoms with Gasteiger partial charge in [0.2, 0.25) is 0 Å². The smallest absolute Gasteiger partial charge is 0.0360 e. The van der Waals surface area contributed by atoms with E-state index in [-0.39, 0.29) is 0 Å². The zero-order valence-corrected chi connectivity index (χ0v) is 11.3. The second-order valence-electron chi connectivity index (χ2n) is 6.43. The third-order valence-corrected chi connectivity index (χ3v) is 2.79. The van der Waals surface area contributed by atoms with Crippen molar-refractivity contribution in [1.82, 2.24) is 0 Å². The maximum absolute atomic E-state index is 2.26. The van der Waals surface area contributed by atoms with Crippen LogP contribution >= 0.6 is 0 Å². The molecule has 0 aliphatic heterocycles. The molecule has 0 aliphatic carbocycles. The molecular weight excluding hydrogens is 156 g/mol. The van der Waals surface area contributed by atoms with Gasteiger partial charge in [-0.15, -0.1) is 0 Å². The van der Waals surface area contributed by atoms with Gasteiger partial charge >= 0.3 is 0 Å². The Hall–Kier alpha value is 0. The Morgan fingerprint density at radius 3 is 1.00 bits per heavy atom. The molecule has 0 aliphatic rings. The highest BCUT2D eigenvalue weighted by molar-refractivity contribution is 4.64. The van der Waals surface area contributed by atoms with Gasteiger partial charge in [0.25, 0.3) is 0 Å². The summed E-state index contributed by atoms with van der Waals surface area (Å²) in [6.45, 7) is 20.2. The first-order valence-corrected chi connectivity index (χ1v) is 5.50. The molecule has 0 nitrogen and oxygen atoms in total. The van der Waals surface area contributed by atoms with Gasteiger partial charge in [-0.25, -0.2) is 0 Å². The van der Waals surface area contributed by atoms with E-state index in [1.165, 1.54) is 6.42 Å². The fraction of sp³-hybridized carbons (Fsp3) is 1.00. The summed E-state index contributed by atoms with van der Waals surface area (Å²) < 4.78 is 0. The van der Waals surface area contributed by atoms with Gasteiger partial charge in [0, 0.05) is 0 Å². The molecule has 0 radical (unpaired) electrons. The van der Waals surface area contributed by atoms with Crippen molar-refractivity contribution in [2.24, 2.45) is 16.7 Å². The molecule has 0 unspecified atom stereocenters. The summed E-state index contributed by atoms with van der Waals surface area (Å²) in [7, 11) is 0. The monoisotopic (exact) mass is 186 g/mol. The Bertz CT molecular complexity index is 107. The summed E-state index contributed by atoms with van der Waals surface area (Å²) in [5, 5.41) is 0. The molecule has 0 amide bonds. The standard InChI is InChI=1S/C7H16.C6H14/c1-6(2)7(3,4)5;1-5-6(2,3)4/h6H,1-5H3;5H2,1-4H3. The van der Waals surface area contributed by atoms with E-state index in [1.807, 2.05) is 0 Å². The molecule has 0 atom stereocenters. The fourth-order valence-electron chi connectivity index (χ4n) is 0. The summed E-state index contributed by atoms with van der Waals surface area (Å²) in [5.41, 5.74) is 1.04. The van der Waals surface area contributed by atoms with Crippen LogP contribution in [0, 0.1) is 16.7 Å². The van der Waals surface area contributed by atoms with Crippen molar-refractivity contribution in [3.63, 3.8) is 0 Å². The molecule has 0 fully saturated rings. The summed E-state index contributed by atoms with van der Waals surface area (Å²) >= 11 is 0. The Morgan fingerprint density at radius 2 is 1.00 bits per heavy atom. The van der Waals surface area contributed by atoms with Crippen LogP contribution in [0.2, 0.25) is 0 Å². The zero-order chi connectivity index (χ0) is 11.3. The van der Waals surface area contributed by atoms with Crippen LogP contribution in [0.5, 0.6) is 0 Å². The minimum atomic E-state index is 0.500. The SMILES string of the molecule is CC(C)C(C)(C)C.CCC(C)(C)C. The lowest BCUT2D eigenvalue weighted by Crippen LogP contribution is -2.12. The topological polar surface area (TPSA) is 0 Å². The fourth-order valence-corrected chi connectivity index (χ4v) is 0. The lowest BCUT2D eigenvalue weighted by molar-refractivity contribution is 0.283. The second-order valence-corrected chi connectivity index (χ2v) is 6.43. The van der Waals surface area contributed by atoms with Crippen molar-refractivity contribution >= 4 is 0 Å². The van der Waals surface area contributed by atoms with E-state index in [1.54, 1.807) is 0 Å². The largest absolute Gasteiger partial charge is 0.0649 e. The second kappa shape index (κ2) is 5.67. The quantitative estimate of drug-likeness (QED) is 0.492. The van der Waals surface area contributed by atoms with Gasteiger partial charge in [-0.05, 0) is 16.7 Å². The molecule has 0 saturated carbocycles. The molecule has 0 spiro atoms. The Morgan fingerprint density at radius 1 is 0.846 bits per heavy atom. The van der Waals surface area contributed by atoms with Crippen LogP contribution in [0.1, 0.15) is 68.7 Å². The van der Waals surface area contributed by atoms with E-state index < -0.39 is 0 Å². The summed E-state index contributed by atoms with van der Waals surface area (Å²) in [5.74, 6) is 0.799. The molecule has 0 rings (SSSR count). The maximum atomic E-state index is 2.26. The van der Waals surface area contributed by atoms with Crippen molar-refractivity contribution in [1.29, 1.82) is 0 Å². The Balaban J connectivity index is 0. The Labute approximate surface area is 86.1 Å². The summed E-state index contributed by atoms with van der Waals surface area (Å²) in [6.07, 6.45) is 1.27. The molecule has 0 heteroatoms. The van der Waals surface area contributed by atoms with Gasteiger partial charge in [0.15, 0.2) is 0 Å². The minimum Gasteiger partial charge on any atom is -0.0649 e. The first-order valence-electron chi connectivity index (χ1n) is 5.50. The molecule has 0 aromatic heterocycles. The highest BCUT2D eigenvalue weighted by Crippen LogP contribution is 2.23. The number of hydrogen-bond acceptors (Lipinski definition) is 0. The van der Waals surface area contributed by atoms with Crippen LogP contribution in [0.4, 0.5) is 0 Å². The van der Waals surface area contributed by atoms with E-state index in [9.17, 15) is 0 Å². The van der Waals surface area contributed by atoms with Crippen molar-refractivity contribution < 1.29 is 0 Å². The van der Waals surface area contributed by atoms with Crippen LogP contribution in [0.3, 0.4) is 0 Å². The molecule has 13 heavy (non-hydrogen) atoms. The predicted octanol–water partition coefficient (Wildman–Crippen LogP) is 5.13. The lowest BCUT2D eigenvalue weighted by Gasteiger charge is -2.22. The van der Waals surface area contributed by atoms with Gasteiger partial charge in [-0.1, -0.05) is 68.7 Å². The molecular formula is C13H30. The first-order chi connectivity index (χ1) is 5.50. The van der Waals surface area contributed by atoms with Gasteiger partial charge < -0.3 is 0 Å². The first kappa shape index (κ1) is 15.5. The van der Waals surface area contributed by atoms with Crippen LogP contribution in [-0.4, -0.2) is 0 Å². The van der Waals surface area contributed by atoms with Crippen molar-refractivity contribution in [2.45, 2.75) is 68.7 Å². The van der Waals surface area contributed by atoms with Crippen LogP contribution in [0.25, 0.3) is 0 Å². The van der Waals surface area contributed by atoms with Crippen molar-refractivity contribution in [2.75, 3.05) is 0 Å². The van der Waals surface area contributed by atoms with E-state index >= 15 is 0 Å². The highest BCUT2D eigenvalue weighted by atomic mass is 14.2. The molecule has 82 valence electrons. The van der Waals surface area contributed by atoms with Crippen LogP contribution in [-0.2, 0) is 0 Å². The molecule has 0 N–H and O–H groups in total. The average molecular weight is 186 g/mol. The average Bonchev–Trinajstić information content (AvgIpc) is 1.85. The molecule has 0 saturated heterocycles. The summed E-state index contributed by atoms with van der Waals surface area (Å²) in [6, 6.07) is 0. The van der Waals surface area contributed by atoms with E-state index in [4.69, 9.17) is 0 Å². The normalized spacial score (nSPS) is 12.5. The Kier molecular flexibility index (Phi) is 6.75. The van der Waals surface area contributed by atoms with Crippen molar-refractivity contribution in [3.05, 3.63) is 0 Å². The van der Waals surface area contributed by atoms with Gasteiger partial charge in [-0.3, -0.25) is 0 Å². The third-order valence-electron chi connectivity index (χ3n) is 2.79. The van der Waals surface area contributed by atoms with E-state index in [2.05, 4.69) is 62.3 Å². The molecule has 0 aromatic carbocycles. The van der Waals surface area contributed by atoms with Crippen LogP contribution < -0.4 is 0 Å². The van der Waals surface area contributed by atoms with Crippen molar-refractivity contribution in [3.8, 4) is 0 Å². The van der Waals surface area contributed by atoms with Crippen LogP contribution in [0.15, 0.2) is 0 Å². The summed E-state index contributed by atoms with van der Waals surface area (Å²) in [4.78, 5) is 0. The van der Waals surface area contributed by atoms with Gasteiger partial charge in [0.1, 0.15) is 0 Å². The number of rotatable bonds is 0. The van der Waals surface area contributed by atoms with Gasteiger partial charge in [-0.2, -0.15) is 0 Å². The molecule has 0 aromatic rings. The minimum absolute atomic E-state index is 0.500. The van der Waals surface area contributed by atoms with Gasteiger partial charge in [0.05, 0.1) is 0 Å². The predicted molar refractivity (Wildman–Crippen MR) is 64.0 cm³/mol. The number of hydrogen-bond donors (Lipinski definition) is 0. The van der Waals surface area contributed by atoms with E-state index in [0.29, 0.717) is 10.8 Å². The van der Waals surface area contributed by atoms with E-state index in [0.717, 1.165) is 5.92 Å². The zero-order valence-electron chi connectivity index (χ0n) is 11.3. The maximum Gasteiger partial charge on any atom is -0.0360 e. The lowest BCUT2D eigenvalue weighted by atomic mass is 9.84. The highest BCUT2D eigenvalue weighted by Gasteiger charge is 2.13. The third kappa shape index (κ3) is 14.8. The molecule has 0 bridgehead atoms. The molecule has 0 heterocycles.